The number of amides is 1. The summed E-state index contributed by atoms with van der Waals surface area (Å²) < 4.78 is 4.67. The fourth-order valence-electron chi connectivity index (χ4n) is 2.32. The molecule has 132 valence electrons. The van der Waals surface area contributed by atoms with Crippen molar-refractivity contribution in [1.82, 2.24) is 4.90 Å². The zero-order valence-corrected chi connectivity index (χ0v) is 15.4. The number of halogens is 2. The fourth-order valence-corrected chi connectivity index (χ4v) is 2.57. The van der Waals surface area contributed by atoms with E-state index in [0.29, 0.717) is 23.1 Å². The minimum absolute atomic E-state index is 0.0684. The molecule has 0 heterocycles. The van der Waals surface area contributed by atoms with Gasteiger partial charge in [0.2, 0.25) is 5.91 Å². The van der Waals surface area contributed by atoms with Crippen LogP contribution in [-0.2, 0) is 27.3 Å². The molecule has 4 nitrogen and oxygen atoms in total. The molecule has 0 unspecified atom stereocenters. The van der Waals surface area contributed by atoms with Crippen LogP contribution in [0.5, 0.6) is 0 Å². The van der Waals surface area contributed by atoms with Gasteiger partial charge in [-0.15, -0.1) is 0 Å². The Labute approximate surface area is 157 Å². The maximum absolute atomic E-state index is 12.7. The minimum atomic E-state index is -0.347. The molecular formula is C19H19Cl2NO3. The zero-order valence-electron chi connectivity index (χ0n) is 13.9. The monoisotopic (exact) mass is 379 g/mol. The Balaban J connectivity index is 2.08. The highest BCUT2D eigenvalue weighted by Gasteiger charge is 2.16. The van der Waals surface area contributed by atoms with Crippen molar-refractivity contribution in [2.45, 2.75) is 19.4 Å². The first kappa shape index (κ1) is 19.3. The van der Waals surface area contributed by atoms with Gasteiger partial charge in [0.15, 0.2) is 0 Å². The first-order valence-electron chi connectivity index (χ1n) is 7.81. The molecular weight excluding hydrogens is 361 g/mol. The van der Waals surface area contributed by atoms with Gasteiger partial charge in [-0.2, -0.15) is 0 Å². The van der Waals surface area contributed by atoms with Gasteiger partial charge in [0.05, 0.1) is 20.0 Å². The molecule has 0 saturated carbocycles. The molecule has 0 aliphatic heterocycles. The normalized spacial score (nSPS) is 10.4. The van der Waals surface area contributed by atoms with Crippen LogP contribution in [-0.4, -0.2) is 30.4 Å². The summed E-state index contributed by atoms with van der Waals surface area (Å²) in [6.07, 6.45) is 0.391. The molecule has 0 N–H and O–H groups in total. The summed E-state index contributed by atoms with van der Waals surface area (Å²) in [7, 11) is 1.33. The average Bonchev–Trinajstić information content (AvgIpc) is 2.61. The number of esters is 1. The van der Waals surface area contributed by atoms with Crippen molar-refractivity contribution in [2.24, 2.45) is 0 Å². The number of carbonyl (C=O) groups is 2. The van der Waals surface area contributed by atoms with E-state index in [4.69, 9.17) is 23.2 Å². The molecule has 0 radical (unpaired) electrons. The molecule has 1 amide bonds. The van der Waals surface area contributed by atoms with Crippen LogP contribution in [0.15, 0.2) is 48.5 Å². The van der Waals surface area contributed by atoms with Crippen molar-refractivity contribution in [3.8, 4) is 0 Å². The number of benzene rings is 2. The zero-order chi connectivity index (χ0) is 18.2. The second kappa shape index (κ2) is 9.44. The largest absolute Gasteiger partial charge is 0.469 e. The molecule has 0 aliphatic rings. The Bertz CT molecular complexity index is 714. The molecule has 0 atom stereocenters. The first-order chi connectivity index (χ1) is 12.0. The molecule has 2 aromatic carbocycles. The van der Waals surface area contributed by atoms with E-state index < -0.39 is 0 Å². The molecule has 0 saturated heterocycles. The first-order valence-corrected chi connectivity index (χ1v) is 8.57. The fraction of sp³-hybridized carbons (Fsp3) is 0.263. The summed E-state index contributed by atoms with van der Waals surface area (Å²) in [5, 5.41) is 1.26. The second-order valence-electron chi connectivity index (χ2n) is 5.57. The summed E-state index contributed by atoms with van der Waals surface area (Å²) in [5.41, 5.74) is 1.81. The van der Waals surface area contributed by atoms with Crippen molar-refractivity contribution >= 4 is 35.1 Å². The van der Waals surface area contributed by atoms with E-state index in [-0.39, 0.29) is 24.7 Å². The van der Waals surface area contributed by atoms with Gasteiger partial charge in [-0.25, -0.2) is 0 Å². The van der Waals surface area contributed by atoms with E-state index >= 15 is 0 Å². The molecule has 6 heteroatoms. The topological polar surface area (TPSA) is 46.6 Å². The van der Waals surface area contributed by atoms with Crippen molar-refractivity contribution < 1.29 is 14.3 Å². The smallest absolute Gasteiger partial charge is 0.307 e. The quantitative estimate of drug-likeness (QED) is 0.679. The lowest BCUT2D eigenvalue weighted by molar-refractivity contribution is -0.141. The minimum Gasteiger partial charge on any atom is -0.469 e. The van der Waals surface area contributed by atoms with E-state index in [1.165, 1.54) is 7.11 Å². The Morgan fingerprint density at radius 1 is 0.920 bits per heavy atom. The average molecular weight is 380 g/mol. The SMILES string of the molecule is COC(=O)CCN(Cc1ccc(Cl)cc1)C(=O)Cc1ccc(Cl)cc1. The number of rotatable bonds is 7. The van der Waals surface area contributed by atoms with Gasteiger partial charge < -0.3 is 9.64 Å². The third kappa shape index (κ3) is 6.40. The third-order valence-corrected chi connectivity index (χ3v) is 4.23. The van der Waals surface area contributed by atoms with Crippen molar-refractivity contribution in [2.75, 3.05) is 13.7 Å². The number of methoxy groups -OCH3 is 1. The van der Waals surface area contributed by atoms with Crippen LogP contribution in [0, 0.1) is 0 Å². The molecule has 0 aromatic heterocycles. The van der Waals surface area contributed by atoms with Gasteiger partial charge in [-0.3, -0.25) is 9.59 Å². The number of ether oxygens (including phenoxy) is 1. The molecule has 0 fully saturated rings. The van der Waals surface area contributed by atoms with E-state index in [2.05, 4.69) is 4.74 Å². The van der Waals surface area contributed by atoms with Crippen LogP contribution in [0.2, 0.25) is 10.0 Å². The molecule has 2 rings (SSSR count). The lowest BCUT2D eigenvalue weighted by atomic mass is 10.1. The van der Waals surface area contributed by atoms with E-state index in [1.54, 1.807) is 29.2 Å². The molecule has 0 spiro atoms. The predicted octanol–water partition coefficient (Wildman–Crippen LogP) is 4.13. The highest BCUT2D eigenvalue weighted by Crippen LogP contribution is 2.14. The third-order valence-electron chi connectivity index (χ3n) is 3.72. The highest BCUT2D eigenvalue weighted by atomic mass is 35.5. The Kier molecular flexibility index (Phi) is 7.29. The lowest BCUT2D eigenvalue weighted by Gasteiger charge is -2.22. The summed E-state index contributed by atoms with van der Waals surface area (Å²) in [5.74, 6) is -0.415. The number of carbonyl (C=O) groups excluding carboxylic acids is 2. The van der Waals surface area contributed by atoms with E-state index in [1.807, 2.05) is 24.3 Å². The van der Waals surface area contributed by atoms with Crippen LogP contribution >= 0.6 is 23.2 Å². The summed E-state index contributed by atoms with van der Waals surface area (Å²) in [4.78, 5) is 25.8. The summed E-state index contributed by atoms with van der Waals surface area (Å²) >= 11 is 11.8. The Morgan fingerprint density at radius 3 is 1.96 bits per heavy atom. The standard InChI is InChI=1S/C19H19Cl2NO3/c1-25-19(24)10-11-22(13-15-4-8-17(21)9-5-15)18(23)12-14-2-6-16(20)7-3-14/h2-9H,10-13H2,1H3. The summed E-state index contributed by atoms with van der Waals surface area (Å²) in [6.45, 7) is 0.697. The van der Waals surface area contributed by atoms with E-state index in [9.17, 15) is 9.59 Å². The van der Waals surface area contributed by atoms with Gasteiger partial charge in [-0.1, -0.05) is 47.5 Å². The van der Waals surface area contributed by atoms with Gasteiger partial charge in [0.25, 0.3) is 0 Å². The predicted molar refractivity (Wildman–Crippen MR) is 98.7 cm³/mol. The van der Waals surface area contributed by atoms with Gasteiger partial charge in [0, 0.05) is 23.1 Å². The molecule has 2 aromatic rings. The second-order valence-corrected chi connectivity index (χ2v) is 6.44. The Morgan fingerprint density at radius 2 is 1.44 bits per heavy atom. The maximum atomic E-state index is 12.7. The molecule has 25 heavy (non-hydrogen) atoms. The van der Waals surface area contributed by atoms with Crippen LogP contribution in [0.1, 0.15) is 17.5 Å². The highest BCUT2D eigenvalue weighted by molar-refractivity contribution is 6.30. The molecule has 0 aliphatic carbocycles. The number of hydrogen-bond acceptors (Lipinski definition) is 3. The van der Waals surface area contributed by atoms with E-state index in [0.717, 1.165) is 11.1 Å². The van der Waals surface area contributed by atoms with Gasteiger partial charge in [0.1, 0.15) is 0 Å². The molecule has 0 bridgehead atoms. The number of hydrogen-bond donors (Lipinski definition) is 0. The van der Waals surface area contributed by atoms with Gasteiger partial charge in [-0.05, 0) is 35.4 Å². The number of nitrogens with zero attached hydrogens (tertiary/aromatic N) is 1. The van der Waals surface area contributed by atoms with Crippen LogP contribution in [0.4, 0.5) is 0 Å². The van der Waals surface area contributed by atoms with Crippen LogP contribution in [0.3, 0.4) is 0 Å². The van der Waals surface area contributed by atoms with Crippen molar-refractivity contribution in [3.05, 3.63) is 69.7 Å². The van der Waals surface area contributed by atoms with Crippen molar-refractivity contribution in [1.29, 1.82) is 0 Å². The lowest BCUT2D eigenvalue weighted by Crippen LogP contribution is -2.34. The van der Waals surface area contributed by atoms with Crippen LogP contribution in [0.25, 0.3) is 0 Å². The maximum Gasteiger partial charge on any atom is 0.307 e. The van der Waals surface area contributed by atoms with Gasteiger partial charge >= 0.3 is 5.97 Å². The summed E-state index contributed by atoms with van der Waals surface area (Å²) in [6, 6.07) is 14.4. The van der Waals surface area contributed by atoms with Crippen LogP contribution < -0.4 is 0 Å². The Hall–Kier alpha value is -2.04. The van der Waals surface area contributed by atoms with Crippen molar-refractivity contribution in [3.63, 3.8) is 0 Å².